The van der Waals surface area contributed by atoms with E-state index in [-0.39, 0.29) is 24.3 Å². The molecule has 0 amide bonds. The molecule has 0 saturated heterocycles. The minimum atomic E-state index is -4.50. The van der Waals surface area contributed by atoms with Gasteiger partial charge >= 0.3 is 6.18 Å². The molecule has 2 nitrogen and oxygen atoms in total. The zero-order valence-corrected chi connectivity index (χ0v) is 9.22. The van der Waals surface area contributed by atoms with Gasteiger partial charge in [0.1, 0.15) is 11.6 Å². The minimum Gasteiger partial charge on any atom is -0.483 e. The number of halogens is 4. The summed E-state index contributed by atoms with van der Waals surface area (Å²) in [7, 11) is 0. The highest BCUT2D eigenvalue weighted by molar-refractivity contribution is 5.46. The van der Waals surface area contributed by atoms with Crippen LogP contribution in [0.1, 0.15) is 12.0 Å². The topological polar surface area (TPSA) is 29.5 Å². The van der Waals surface area contributed by atoms with Crippen molar-refractivity contribution >= 4 is 0 Å². The molecule has 0 heterocycles. The van der Waals surface area contributed by atoms with E-state index in [4.69, 9.17) is 5.11 Å². The molecule has 6 heteroatoms. The standard InChI is InChI=1S/C12H10F4O2/c13-10-5-4-9(3-1-2-6-17)11(7-10)18-8-12(14,15)16/h4-5,7,17H,2,6,8H2. The van der Waals surface area contributed by atoms with Crippen LogP contribution in [0, 0.1) is 17.7 Å². The molecule has 98 valence electrons. The zero-order valence-electron chi connectivity index (χ0n) is 9.22. The van der Waals surface area contributed by atoms with E-state index in [9.17, 15) is 17.6 Å². The number of benzene rings is 1. The summed E-state index contributed by atoms with van der Waals surface area (Å²) in [5.41, 5.74) is 0.147. The number of aliphatic hydroxyl groups excluding tert-OH is 1. The van der Waals surface area contributed by atoms with Crippen LogP contribution < -0.4 is 4.74 Å². The van der Waals surface area contributed by atoms with Crippen LogP contribution in [0.4, 0.5) is 17.6 Å². The Bertz CT molecular complexity index is 457. The normalized spacial score (nSPS) is 10.7. The second-order valence-electron chi connectivity index (χ2n) is 3.32. The predicted octanol–water partition coefficient (Wildman–Crippen LogP) is 2.50. The Morgan fingerprint density at radius 2 is 2.00 bits per heavy atom. The molecule has 0 radical (unpaired) electrons. The number of hydrogen-bond acceptors (Lipinski definition) is 2. The molecule has 0 aromatic heterocycles. The second kappa shape index (κ2) is 6.26. The monoisotopic (exact) mass is 262 g/mol. The molecular formula is C12H10F4O2. The molecule has 0 aliphatic rings. The van der Waals surface area contributed by atoms with Gasteiger partial charge in [-0.05, 0) is 12.1 Å². The van der Waals surface area contributed by atoms with Gasteiger partial charge in [-0.1, -0.05) is 11.8 Å². The average Bonchev–Trinajstić information content (AvgIpc) is 2.28. The molecule has 0 atom stereocenters. The van der Waals surface area contributed by atoms with Gasteiger partial charge in [-0.25, -0.2) is 4.39 Å². The van der Waals surface area contributed by atoms with Crippen molar-refractivity contribution in [3.05, 3.63) is 29.6 Å². The fourth-order valence-corrected chi connectivity index (χ4v) is 1.09. The first-order valence-electron chi connectivity index (χ1n) is 5.01. The molecule has 1 N–H and O–H groups in total. The van der Waals surface area contributed by atoms with E-state index in [1.165, 1.54) is 6.07 Å². The maximum Gasteiger partial charge on any atom is 0.422 e. The predicted molar refractivity (Wildman–Crippen MR) is 56.5 cm³/mol. The van der Waals surface area contributed by atoms with E-state index in [1.54, 1.807) is 0 Å². The second-order valence-corrected chi connectivity index (χ2v) is 3.32. The van der Waals surface area contributed by atoms with E-state index in [0.717, 1.165) is 12.1 Å². The SMILES string of the molecule is OCCC#Cc1ccc(F)cc1OCC(F)(F)F. The lowest BCUT2D eigenvalue weighted by molar-refractivity contribution is -0.153. The third-order valence-corrected chi connectivity index (χ3v) is 1.79. The average molecular weight is 262 g/mol. The maximum atomic E-state index is 12.9. The Hall–Kier alpha value is -1.74. The first-order chi connectivity index (χ1) is 8.42. The first-order valence-corrected chi connectivity index (χ1v) is 5.01. The summed E-state index contributed by atoms with van der Waals surface area (Å²) >= 11 is 0. The zero-order chi connectivity index (χ0) is 13.6. The molecule has 0 fully saturated rings. The fraction of sp³-hybridized carbons (Fsp3) is 0.333. The molecule has 0 unspecified atom stereocenters. The summed E-state index contributed by atoms with van der Waals surface area (Å²) in [6.07, 6.45) is -4.32. The summed E-state index contributed by atoms with van der Waals surface area (Å²) in [6, 6.07) is 3.14. The summed E-state index contributed by atoms with van der Waals surface area (Å²) in [4.78, 5) is 0. The van der Waals surface area contributed by atoms with Gasteiger partial charge in [0, 0.05) is 12.5 Å². The molecule has 0 spiro atoms. The van der Waals surface area contributed by atoms with E-state index in [1.807, 2.05) is 0 Å². The molecular weight excluding hydrogens is 252 g/mol. The maximum absolute atomic E-state index is 12.9. The van der Waals surface area contributed by atoms with Crippen LogP contribution in [0.25, 0.3) is 0 Å². The van der Waals surface area contributed by atoms with Crippen molar-refractivity contribution in [1.82, 2.24) is 0 Å². The van der Waals surface area contributed by atoms with Crippen molar-refractivity contribution in [3.63, 3.8) is 0 Å². The Kier molecular flexibility index (Phi) is 4.98. The Morgan fingerprint density at radius 3 is 2.61 bits per heavy atom. The highest BCUT2D eigenvalue weighted by atomic mass is 19.4. The van der Waals surface area contributed by atoms with Crippen LogP contribution >= 0.6 is 0 Å². The van der Waals surface area contributed by atoms with Gasteiger partial charge < -0.3 is 9.84 Å². The van der Waals surface area contributed by atoms with Crippen LogP contribution in [-0.2, 0) is 0 Å². The van der Waals surface area contributed by atoms with E-state index in [2.05, 4.69) is 16.6 Å². The summed E-state index contributed by atoms with van der Waals surface area (Å²) in [5, 5.41) is 8.53. The third-order valence-electron chi connectivity index (χ3n) is 1.79. The van der Waals surface area contributed by atoms with Gasteiger partial charge in [-0.2, -0.15) is 13.2 Å². The largest absolute Gasteiger partial charge is 0.483 e. The number of ether oxygens (including phenoxy) is 1. The first kappa shape index (κ1) is 14.3. The van der Waals surface area contributed by atoms with Crippen molar-refractivity contribution in [2.24, 2.45) is 0 Å². The Balaban J connectivity index is 2.87. The van der Waals surface area contributed by atoms with Crippen LogP contribution in [0.2, 0.25) is 0 Å². The lowest BCUT2D eigenvalue weighted by Gasteiger charge is -2.10. The van der Waals surface area contributed by atoms with Gasteiger partial charge in [0.2, 0.25) is 0 Å². The van der Waals surface area contributed by atoms with Gasteiger partial charge in [0.25, 0.3) is 0 Å². The van der Waals surface area contributed by atoms with Crippen LogP contribution in [0.3, 0.4) is 0 Å². The highest BCUT2D eigenvalue weighted by Gasteiger charge is 2.28. The summed E-state index contributed by atoms with van der Waals surface area (Å²) in [5.74, 6) is 4.06. The number of alkyl halides is 3. The van der Waals surface area contributed by atoms with Crippen molar-refractivity contribution < 1.29 is 27.4 Å². The lowest BCUT2D eigenvalue weighted by atomic mass is 10.2. The molecule has 18 heavy (non-hydrogen) atoms. The van der Waals surface area contributed by atoms with Crippen molar-refractivity contribution in [2.75, 3.05) is 13.2 Å². The van der Waals surface area contributed by atoms with Crippen molar-refractivity contribution in [3.8, 4) is 17.6 Å². The Morgan fingerprint density at radius 1 is 1.28 bits per heavy atom. The molecule has 1 aromatic carbocycles. The molecule has 1 rings (SSSR count). The van der Waals surface area contributed by atoms with E-state index < -0.39 is 18.6 Å². The molecule has 1 aromatic rings. The number of aliphatic hydroxyl groups is 1. The fourth-order valence-electron chi connectivity index (χ4n) is 1.09. The lowest BCUT2D eigenvalue weighted by Crippen LogP contribution is -2.19. The van der Waals surface area contributed by atoms with Gasteiger partial charge in [-0.15, -0.1) is 0 Å². The van der Waals surface area contributed by atoms with Crippen molar-refractivity contribution in [1.29, 1.82) is 0 Å². The molecule has 0 saturated carbocycles. The van der Waals surface area contributed by atoms with Crippen LogP contribution in [-0.4, -0.2) is 24.5 Å². The van der Waals surface area contributed by atoms with Gasteiger partial charge in [0.15, 0.2) is 6.61 Å². The summed E-state index contributed by atoms with van der Waals surface area (Å²) in [6.45, 7) is -1.67. The highest BCUT2D eigenvalue weighted by Crippen LogP contribution is 2.22. The molecule has 0 bridgehead atoms. The molecule has 0 aliphatic heterocycles. The van der Waals surface area contributed by atoms with Crippen LogP contribution in [0.5, 0.6) is 5.75 Å². The smallest absolute Gasteiger partial charge is 0.422 e. The van der Waals surface area contributed by atoms with Gasteiger partial charge in [-0.3, -0.25) is 0 Å². The van der Waals surface area contributed by atoms with Crippen molar-refractivity contribution in [2.45, 2.75) is 12.6 Å². The quantitative estimate of drug-likeness (QED) is 0.670. The van der Waals surface area contributed by atoms with Gasteiger partial charge in [0.05, 0.1) is 12.2 Å². The third kappa shape index (κ3) is 5.06. The molecule has 0 aliphatic carbocycles. The minimum absolute atomic E-state index is 0.147. The van der Waals surface area contributed by atoms with E-state index in [0.29, 0.717) is 0 Å². The number of rotatable bonds is 3. The van der Waals surface area contributed by atoms with Crippen LogP contribution in [0.15, 0.2) is 18.2 Å². The summed E-state index contributed by atoms with van der Waals surface area (Å²) < 4.78 is 53.4. The van der Waals surface area contributed by atoms with E-state index >= 15 is 0 Å². The number of hydrogen-bond donors (Lipinski definition) is 1. The Labute approximate surface area is 101 Å².